The van der Waals surface area contributed by atoms with Crippen LogP contribution in [0.1, 0.15) is 25.0 Å². The second-order valence-electron chi connectivity index (χ2n) is 6.55. The lowest BCUT2D eigenvalue weighted by Gasteiger charge is -2.24. The molecule has 25 heavy (non-hydrogen) atoms. The van der Waals surface area contributed by atoms with E-state index >= 15 is 0 Å². The molecule has 1 aromatic heterocycles. The highest BCUT2D eigenvalue weighted by molar-refractivity contribution is 9.10. The summed E-state index contributed by atoms with van der Waals surface area (Å²) < 4.78 is 6.20. The van der Waals surface area contributed by atoms with Gasteiger partial charge in [-0.2, -0.15) is 0 Å². The molecule has 4 nitrogen and oxygen atoms in total. The molecule has 0 aliphatic heterocycles. The fourth-order valence-corrected chi connectivity index (χ4v) is 2.95. The molecule has 0 saturated heterocycles. The van der Waals surface area contributed by atoms with Gasteiger partial charge in [-0.25, -0.2) is 4.79 Å². The van der Waals surface area contributed by atoms with Gasteiger partial charge in [-0.1, -0.05) is 28.1 Å². The summed E-state index contributed by atoms with van der Waals surface area (Å²) in [5, 5.41) is 3.77. The van der Waals surface area contributed by atoms with Gasteiger partial charge in [-0.15, -0.1) is 0 Å². The van der Waals surface area contributed by atoms with Crippen LogP contribution in [0.2, 0.25) is 0 Å². The normalized spacial score (nSPS) is 11.5. The molecular weight excluding hydrogens is 382 g/mol. The highest BCUT2D eigenvalue weighted by atomic mass is 79.9. The lowest BCUT2D eigenvalue weighted by Crippen LogP contribution is -2.34. The SMILES string of the molecule is Cc1cc(=O)oc2cc(NC(=O)C(C)(C)c3ccc(Br)cc3)ccc12. The number of nitrogens with one attached hydrogen (secondary N) is 1. The van der Waals surface area contributed by atoms with E-state index < -0.39 is 11.0 Å². The Morgan fingerprint density at radius 1 is 1.08 bits per heavy atom. The lowest BCUT2D eigenvalue weighted by atomic mass is 9.83. The smallest absolute Gasteiger partial charge is 0.336 e. The van der Waals surface area contributed by atoms with Crippen LogP contribution in [0.3, 0.4) is 0 Å². The lowest BCUT2D eigenvalue weighted by molar-refractivity contribution is -0.120. The summed E-state index contributed by atoms with van der Waals surface area (Å²) in [6, 6.07) is 14.5. The van der Waals surface area contributed by atoms with Crippen LogP contribution >= 0.6 is 15.9 Å². The number of halogens is 1. The van der Waals surface area contributed by atoms with Crippen LogP contribution in [0.25, 0.3) is 11.0 Å². The van der Waals surface area contributed by atoms with Crippen LogP contribution in [-0.4, -0.2) is 5.91 Å². The second kappa shape index (κ2) is 6.48. The maximum atomic E-state index is 12.8. The number of fused-ring (bicyclic) bond motifs is 1. The van der Waals surface area contributed by atoms with Gasteiger partial charge in [0.2, 0.25) is 5.91 Å². The number of amides is 1. The van der Waals surface area contributed by atoms with Gasteiger partial charge in [0.1, 0.15) is 5.58 Å². The van der Waals surface area contributed by atoms with E-state index in [0.717, 1.165) is 21.0 Å². The predicted molar refractivity (Wildman–Crippen MR) is 103 cm³/mol. The summed E-state index contributed by atoms with van der Waals surface area (Å²) in [6.45, 7) is 5.60. The molecule has 0 fully saturated rings. The van der Waals surface area contributed by atoms with Crippen molar-refractivity contribution in [1.29, 1.82) is 0 Å². The number of aryl methyl sites for hydroxylation is 1. The summed E-state index contributed by atoms with van der Waals surface area (Å²) >= 11 is 3.40. The number of carbonyl (C=O) groups is 1. The quantitative estimate of drug-likeness (QED) is 0.644. The first-order valence-electron chi connectivity index (χ1n) is 7.89. The molecule has 0 aliphatic rings. The Morgan fingerprint density at radius 2 is 1.76 bits per heavy atom. The fourth-order valence-electron chi connectivity index (χ4n) is 2.69. The molecule has 2 aromatic carbocycles. The van der Waals surface area contributed by atoms with Crippen LogP contribution in [0, 0.1) is 6.92 Å². The summed E-state index contributed by atoms with van der Waals surface area (Å²) in [7, 11) is 0. The zero-order chi connectivity index (χ0) is 18.2. The first kappa shape index (κ1) is 17.4. The van der Waals surface area contributed by atoms with Gasteiger partial charge in [-0.3, -0.25) is 4.79 Å². The molecule has 5 heteroatoms. The first-order chi connectivity index (χ1) is 11.8. The maximum Gasteiger partial charge on any atom is 0.336 e. The Bertz CT molecular complexity index is 1000. The third-order valence-electron chi connectivity index (χ3n) is 4.34. The van der Waals surface area contributed by atoms with Crippen molar-refractivity contribution >= 4 is 38.5 Å². The summed E-state index contributed by atoms with van der Waals surface area (Å²) in [5.41, 5.74) is 1.71. The molecule has 0 radical (unpaired) electrons. The number of anilines is 1. The monoisotopic (exact) mass is 399 g/mol. The largest absolute Gasteiger partial charge is 0.423 e. The van der Waals surface area contributed by atoms with Crippen molar-refractivity contribution < 1.29 is 9.21 Å². The molecule has 0 saturated carbocycles. The number of hydrogen-bond donors (Lipinski definition) is 1. The van der Waals surface area contributed by atoms with E-state index in [4.69, 9.17) is 4.42 Å². The Morgan fingerprint density at radius 3 is 2.44 bits per heavy atom. The van der Waals surface area contributed by atoms with E-state index in [1.165, 1.54) is 6.07 Å². The van der Waals surface area contributed by atoms with E-state index in [0.29, 0.717) is 11.3 Å². The van der Waals surface area contributed by atoms with Gasteiger partial charge >= 0.3 is 5.63 Å². The molecule has 1 N–H and O–H groups in total. The fraction of sp³-hybridized carbons (Fsp3) is 0.200. The zero-order valence-electron chi connectivity index (χ0n) is 14.2. The van der Waals surface area contributed by atoms with Gasteiger partial charge in [0.15, 0.2) is 0 Å². The van der Waals surface area contributed by atoms with Crippen LogP contribution < -0.4 is 10.9 Å². The van der Waals surface area contributed by atoms with Crippen LogP contribution in [0.4, 0.5) is 5.69 Å². The highest BCUT2D eigenvalue weighted by Crippen LogP contribution is 2.27. The van der Waals surface area contributed by atoms with Crippen molar-refractivity contribution in [2.45, 2.75) is 26.2 Å². The molecule has 0 atom stereocenters. The zero-order valence-corrected chi connectivity index (χ0v) is 15.8. The van der Waals surface area contributed by atoms with Crippen LogP contribution in [0.5, 0.6) is 0 Å². The molecule has 3 aromatic rings. The third-order valence-corrected chi connectivity index (χ3v) is 4.87. The van der Waals surface area contributed by atoms with Crippen LogP contribution in [0.15, 0.2) is 62.2 Å². The first-order valence-corrected chi connectivity index (χ1v) is 8.69. The van der Waals surface area contributed by atoms with Gasteiger partial charge in [0.05, 0.1) is 5.41 Å². The number of rotatable bonds is 3. The average molecular weight is 400 g/mol. The minimum Gasteiger partial charge on any atom is -0.423 e. The number of hydrogen-bond acceptors (Lipinski definition) is 3. The summed E-state index contributed by atoms with van der Waals surface area (Å²) in [4.78, 5) is 24.3. The maximum absolute atomic E-state index is 12.8. The molecule has 0 spiro atoms. The average Bonchev–Trinajstić information content (AvgIpc) is 2.54. The van der Waals surface area contributed by atoms with Crippen molar-refractivity contribution in [2.75, 3.05) is 5.32 Å². The molecule has 0 bridgehead atoms. The van der Waals surface area contributed by atoms with Crippen molar-refractivity contribution in [3.63, 3.8) is 0 Å². The van der Waals surface area contributed by atoms with Crippen molar-refractivity contribution in [2.24, 2.45) is 0 Å². The van der Waals surface area contributed by atoms with Crippen molar-refractivity contribution in [3.8, 4) is 0 Å². The second-order valence-corrected chi connectivity index (χ2v) is 7.46. The van der Waals surface area contributed by atoms with Gasteiger partial charge in [-0.05, 0) is 56.2 Å². The number of carbonyl (C=O) groups excluding carboxylic acids is 1. The molecule has 0 aliphatic carbocycles. The third kappa shape index (κ3) is 3.51. The minimum atomic E-state index is -0.705. The van der Waals surface area contributed by atoms with Crippen molar-refractivity contribution in [1.82, 2.24) is 0 Å². The standard InChI is InChI=1S/C20H18BrNO3/c1-12-10-18(23)25-17-11-15(8-9-16(12)17)22-19(24)20(2,3)13-4-6-14(21)7-5-13/h4-11H,1-3H3,(H,22,24). The Labute approximate surface area is 154 Å². The molecule has 1 amide bonds. The van der Waals surface area contributed by atoms with E-state index in [9.17, 15) is 9.59 Å². The Kier molecular flexibility index (Phi) is 4.52. The Balaban J connectivity index is 1.91. The Hall–Kier alpha value is -2.40. The molecule has 3 rings (SSSR count). The van der Waals surface area contributed by atoms with Gasteiger partial charge in [0.25, 0.3) is 0 Å². The van der Waals surface area contributed by atoms with E-state index in [-0.39, 0.29) is 5.91 Å². The van der Waals surface area contributed by atoms with Gasteiger partial charge in [0, 0.05) is 27.7 Å². The minimum absolute atomic E-state index is 0.135. The summed E-state index contributed by atoms with van der Waals surface area (Å²) in [5.74, 6) is -0.135. The predicted octanol–water partition coefficient (Wildman–Crippen LogP) is 4.78. The van der Waals surface area contributed by atoms with Crippen LogP contribution in [-0.2, 0) is 10.2 Å². The molecule has 0 unspecified atom stereocenters. The van der Waals surface area contributed by atoms with E-state index in [1.807, 2.05) is 57.2 Å². The number of benzene rings is 2. The molecular formula is C20H18BrNO3. The highest BCUT2D eigenvalue weighted by Gasteiger charge is 2.29. The molecule has 128 valence electrons. The van der Waals surface area contributed by atoms with Gasteiger partial charge < -0.3 is 9.73 Å². The van der Waals surface area contributed by atoms with Crippen molar-refractivity contribution in [3.05, 3.63) is 74.6 Å². The topological polar surface area (TPSA) is 59.3 Å². The van der Waals surface area contributed by atoms with E-state index in [1.54, 1.807) is 6.07 Å². The summed E-state index contributed by atoms with van der Waals surface area (Å²) in [6.07, 6.45) is 0. The molecule has 1 heterocycles. The van der Waals surface area contributed by atoms with E-state index in [2.05, 4.69) is 21.2 Å².